The van der Waals surface area contributed by atoms with Gasteiger partial charge in [0.1, 0.15) is 11.6 Å². The fourth-order valence-corrected chi connectivity index (χ4v) is 2.82. The van der Waals surface area contributed by atoms with Crippen molar-refractivity contribution in [2.45, 2.75) is 26.2 Å². The Kier molecular flexibility index (Phi) is 4.50. The van der Waals surface area contributed by atoms with Gasteiger partial charge < -0.3 is 10.2 Å². The second-order valence-corrected chi connectivity index (χ2v) is 5.90. The number of pyridine rings is 1. The lowest BCUT2D eigenvalue weighted by Gasteiger charge is -2.16. The zero-order valence-electron chi connectivity index (χ0n) is 13.7. The van der Waals surface area contributed by atoms with Gasteiger partial charge in [-0.2, -0.15) is 0 Å². The summed E-state index contributed by atoms with van der Waals surface area (Å²) in [5.74, 6) is 1.04. The van der Waals surface area contributed by atoms with E-state index >= 15 is 0 Å². The molecule has 124 valence electrons. The summed E-state index contributed by atoms with van der Waals surface area (Å²) in [6, 6.07) is 5.12. The van der Waals surface area contributed by atoms with E-state index in [0.29, 0.717) is 24.5 Å². The Morgan fingerprint density at radius 2 is 2.04 bits per heavy atom. The van der Waals surface area contributed by atoms with Crippen LogP contribution in [0, 0.1) is 6.92 Å². The minimum Gasteiger partial charge on any atom is -0.338 e. The molecule has 7 nitrogen and oxygen atoms in total. The molecule has 1 fully saturated rings. The van der Waals surface area contributed by atoms with Crippen molar-refractivity contribution in [1.82, 2.24) is 19.9 Å². The van der Waals surface area contributed by atoms with Crippen LogP contribution in [-0.2, 0) is 4.79 Å². The summed E-state index contributed by atoms with van der Waals surface area (Å²) in [6.45, 7) is 4.60. The van der Waals surface area contributed by atoms with Gasteiger partial charge in [0.05, 0.1) is 0 Å². The molecule has 1 aliphatic heterocycles. The smallest absolute Gasteiger partial charge is 0.254 e. The van der Waals surface area contributed by atoms with E-state index in [1.54, 1.807) is 23.2 Å². The summed E-state index contributed by atoms with van der Waals surface area (Å²) >= 11 is 0. The number of carbonyl (C=O) groups excluding carboxylic acids is 2. The van der Waals surface area contributed by atoms with Gasteiger partial charge in [-0.15, -0.1) is 0 Å². The standard InChI is InChI=1S/C17H19N5O2/c1-11-3-6-19-16(20-11)14-5-8-22(10-14)17(24)13-4-7-18-15(9-13)21-12(2)23/h3-4,6-7,9,14H,5,8,10H2,1-2H3,(H,18,21,23). The second kappa shape index (κ2) is 6.74. The lowest BCUT2D eigenvalue weighted by Crippen LogP contribution is -2.28. The van der Waals surface area contributed by atoms with E-state index in [1.165, 1.54) is 13.1 Å². The van der Waals surface area contributed by atoms with Gasteiger partial charge in [0, 0.05) is 49.6 Å². The molecule has 0 spiro atoms. The minimum absolute atomic E-state index is 0.0702. The molecule has 2 aromatic heterocycles. The molecule has 1 saturated heterocycles. The number of carbonyl (C=O) groups is 2. The van der Waals surface area contributed by atoms with Crippen molar-refractivity contribution in [3.05, 3.63) is 47.7 Å². The topological polar surface area (TPSA) is 88.1 Å². The summed E-state index contributed by atoms with van der Waals surface area (Å²) in [4.78, 5) is 38.4. The van der Waals surface area contributed by atoms with E-state index in [9.17, 15) is 9.59 Å². The molecule has 0 radical (unpaired) electrons. The average molecular weight is 325 g/mol. The van der Waals surface area contributed by atoms with Crippen LogP contribution in [0.1, 0.15) is 41.1 Å². The van der Waals surface area contributed by atoms with Gasteiger partial charge in [-0.1, -0.05) is 0 Å². The van der Waals surface area contributed by atoms with E-state index in [-0.39, 0.29) is 17.7 Å². The SMILES string of the molecule is CC(=O)Nc1cc(C(=O)N2CCC(c3nccc(C)n3)C2)ccn1. The van der Waals surface area contributed by atoms with Gasteiger partial charge in [-0.05, 0) is 31.5 Å². The van der Waals surface area contributed by atoms with Crippen LogP contribution < -0.4 is 5.32 Å². The number of aryl methyl sites for hydroxylation is 1. The number of likely N-dealkylation sites (tertiary alicyclic amines) is 1. The number of nitrogens with zero attached hydrogens (tertiary/aromatic N) is 4. The molecule has 0 aromatic carbocycles. The normalized spacial score (nSPS) is 16.9. The van der Waals surface area contributed by atoms with Crippen molar-refractivity contribution in [1.29, 1.82) is 0 Å². The number of nitrogens with one attached hydrogen (secondary N) is 1. The number of hydrogen-bond donors (Lipinski definition) is 1. The molecule has 1 aliphatic rings. The Morgan fingerprint density at radius 3 is 2.79 bits per heavy atom. The molecule has 1 unspecified atom stereocenters. The molecule has 3 heterocycles. The number of hydrogen-bond acceptors (Lipinski definition) is 5. The van der Waals surface area contributed by atoms with E-state index < -0.39 is 0 Å². The van der Waals surface area contributed by atoms with Crippen LogP contribution >= 0.6 is 0 Å². The van der Waals surface area contributed by atoms with Crippen LogP contribution in [0.3, 0.4) is 0 Å². The predicted molar refractivity (Wildman–Crippen MR) is 88.6 cm³/mol. The van der Waals surface area contributed by atoms with Crippen molar-refractivity contribution in [2.75, 3.05) is 18.4 Å². The molecule has 0 aliphatic carbocycles. The molecule has 0 saturated carbocycles. The molecule has 24 heavy (non-hydrogen) atoms. The maximum atomic E-state index is 12.7. The quantitative estimate of drug-likeness (QED) is 0.929. The van der Waals surface area contributed by atoms with E-state index in [0.717, 1.165) is 17.9 Å². The highest BCUT2D eigenvalue weighted by molar-refractivity contribution is 5.96. The van der Waals surface area contributed by atoms with E-state index in [1.807, 2.05) is 13.0 Å². The third-order valence-corrected chi connectivity index (χ3v) is 3.97. The second-order valence-electron chi connectivity index (χ2n) is 5.90. The van der Waals surface area contributed by atoms with Gasteiger partial charge in [-0.3, -0.25) is 9.59 Å². The highest BCUT2D eigenvalue weighted by atomic mass is 16.2. The molecule has 3 rings (SSSR count). The monoisotopic (exact) mass is 325 g/mol. The summed E-state index contributed by atoms with van der Waals surface area (Å²) in [5, 5.41) is 2.59. The van der Waals surface area contributed by atoms with Gasteiger partial charge in [-0.25, -0.2) is 15.0 Å². The van der Waals surface area contributed by atoms with Gasteiger partial charge in [0.2, 0.25) is 5.91 Å². The Morgan fingerprint density at radius 1 is 1.25 bits per heavy atom. The van der Waals surface area contributed by atoms with Crippen molar-refractivity contribution >= 4 is 17.6 Å². The Bertz CT molecular complexity index is 777. The van der Waals surface area contributed by atoms with Crippen LogP contribution in [-0.4, -0.2) is 44.8 Å². The van der Waals surface area contributed by atoms with Gasteiger partial charge >= 0.3 is 0 Å². The Balaban J connectivity index is 1.71. The lowest BCUT2D eigenvalue weighted by molar-refractivity contribution is -0.114. The van der Waals surface area contributed by atoms with Crippen molar-refractivity contribution < 1.29 is 9.59 Å². The molecule has 2 aromatic rings. The summed E-state index contributed by atoms with van der Waals surface area (Å²) < 4.78 is 0. The molecule has 0 bridgehead atoms. The molecule has 1 N–H and O–H groups in total. The van der Waals surface area contributed by atoms with Gasteiger partial charge in [0.15, 0.2) is 0 Å². The number of aromatic nitrogens is 3. The number of amides is 2. The lowest BCUT2D eigenvalue weighted by atomic mass is 10.1. The molecular formula is C17H19N5O2. The third-order valence-electron chi connectivity index (χ3n) is 3.97. The Labute approximate surface area is 140 Å². The average Bonchev–Trinajstić information content (AvgIpc) is 3.04. The summed E-state index contributed by atoms with van der Waals surface area (Å²) in [7, 11) is 0. The zero-order valence-corrected chi connectivity index (χ0v) is 13.7. The first-order chi connectivity index (χ1) is 11.5. The van der Waals surface area contributed by atoms with Crippen LogP contribution in [0.2, 0.25) is 0 Å². The first-order valence-corrected chi connectivity index (χ1v) is 7.85. The molecule has 7 heteroatoms. The highest BCUT2D eigenvalue weighted by Gasteiger charge is 2.29. The van der Waals surface area contributed by atoms with Gasteiger partial charge in [0.25, 0.3) is 5.91 Å². The van der Waals surface area contributed by atoms with Crippen molar-refractivity contribution in [3.8, 4) is 0 Å². The minimum atomic E-state index is -0.218. The fraction of sp³-hybridized carbons (Fsp3) is 0.353. The van der Waals surface area contributed by atoms with Crippen LogP contribution in [0.15, 0.2) is 30.6 Å². The van der Waals surface area contributed by atoms with Crippen molar-refractivity contribution in [2.24, 2.45) is 0 Å². The zero-order chi connectivity index (χ0) is 17.1. The maximum Gasteiger partial charge on any atom is 0.254 e. The first kappa shape index (κ1) is 16.0. The third kappa shape index (κ3) is 3.56. The fourth-order valence-electron chi connectivity index (χ4n) is 2.82. The van der Waals surface area contributed by atoms with Crippen LogP contribution in [0.4, 0.5) is 5.82 Å². The molecular weight excluding hydrogens is 306 g/mol. The van der Waals surface area contributed by atoms with Crippen LogP contribution in [0.5, 0.6) is 0 Å². The summed E-state index contributed by atoms with van der Waals surface area (Å²) in [6.07, 6.45) is 4.12. The number of rotatable bonds is 3. The van der Waals surface area contributed by atoms with Crippen molar-refractivity contribution in [3.63, 3.8) is 0 Å². The van der Waals surface area contributed by atoms with E-state index in [2.05, 4.69) is 20.3 Å². The highest BCUT2D eigenvalue weighted by Crippen LogP contribution is 2.26. The molecule has 2 amide bonds. The largest absolute Gasteiger partial charge is 0.338 e. The number of anilines is 1. The summed E-state index contributed by atoms with van der Waals surface area (Å²) in [5.41, 5.74) is 1.44. The van der Waals surface area contributed by atoms with E-state index in [4.69, 9.17) is 0 Å². The predicted octanol–water partition coefficient (Wildman–Crippen LogP) is 1.77. The maximum absolute atomic E-state index is 12.7. The first-order valence-electron chi connectivity index (χ1n) is 7.85. The Hall–Kier alpha value is -2.83. The molecule has 1 atom stereocenters. The van der Waals surface area contributed by atoms with Crippen LogP contribution in [0.25, 0.3) is 0 Å².